The maximum atomic E-state index is 11.3. The number of carboxylic acids is 1. The average molecular weight is 315 g/mol. The summed E-state index contributed by atoms with van der Waals surface area (Å²) < 4.78 is 1.64. The molecule has 1 aliphatic heterocycles. The lowest BCUT2D eigenvalue weighted by molar-refractivity contribution is 0.0697. The first-order chi connectivity index (χ1) is 11.0. The smallest absolute Gasteiger partial charge is 0.341 e. The van der Waals surface area contributed by atoms with E-state index in [9.17, 15) is 9.90 Å². The Morgan fingerprint density at radius 3 is 2.57 bits per heavy atom. The van der Waals surface area contributed by atoms with E-state index in [-0.39, 0.29) is 5.56 Å². The number of pyridine rings is 1. The van der Waals surface area contributed by atoms with Gasteiger partial charge in [-0.1, -0.05) is 6.07 Å². The molecule has 122 valence electrons. The highest BCUT2D eigenvalue weighted by Gasteiger charge is 2.17. The normalized spacial score (nSPS) is 14.3. The van der Waals surface area contributed by atoms with Gasteiger partial charge < -0.3 is 14.9 Å². The molecule has 2 aromatic heterocycles. The molecular weight excluding hydrogens is 294 g/mol. The van der Waals surface area contributed by atoms with Crippen LogP contribution in [0.3, 0.4) is 0 Å². The highest BCUT2D eigenvalue weighted by atomic mass is 16.4. The van der Waals surface area contributed by atoms with Gasteiger partial charge in [-0.25, -0.2) is 9.78 Å². The summed E-state index contributed by atoms with van der Waals surface area (Å²) in [7, 11) is 3.57. The monoisotopic (exact) mass is 315 g/mol. The summed E-state index contributed by atoms with van der Waals surface area (Å²) >= 11 is 0. The highest BCUT2D eigenvalue weighted by molar-refractivity contribution is 5.93. The topological polar surface area (TPSA) is 74.5 Å². The van der Waals surface area contributed by atoms with Crippen LogP contribution in [0.1, 0.15) is 28.8 Å². The van der Waals surface area contributed by atoms with Gasteiger partial charge in [0, 0.05) is 39.6 Å². The van der Waals surface area contributed by atoms with Crippen molar-refractivity contribution >= 4 is 17.6 Å². The second kappa shape index (κ2) is 6.28. The molecule has 0 unspecified atom stereocenters. The second-order valence-electron chi connectivity index (χ2n) is 5.98. The van der Waals surface area contributed by atoms with Crippen LogP contribution in [0, 0.1) is 0 Å². The van der Waals surface area contributed by atoms with Crippen molar-refractivity contribution in [2.24, 2.45) is 0 Å². The summed E-state index contributed by atoms with van der Waals surface area (Å²) in [5.41, 5.74) is 1.20. The number of hydrogen-bond acceptors (Lipinski definition) is 5. The fraction of sp³-hybridized carbons (Fsp3) is 0.438. The quantitative estimate of drug-likeness (QED) is 0.905. The van der Waals surface area contributed by atoms with E-state index >= 15 is 0 Å². The average Bonchev–Trinajstić information content (AvgIpc) is 3.17. The molecule has 1 fully saturated rings. The van der Waals surface area contributed by atoms with E-state index in [0.29, 0.717) is 12.4 Å². The SMILES string of the molecule is CN(C)c1nn(Cc2ccc(N3CCCC3)nc2)cc1C(=O)O. The first-order valence-electron chi connectivity index (χ1n) is 7.72. The molecule has 0 amide bonds. The number of anilines is 2. The van der Waals surface area contributed by atoms with Gasteiger partial charge in [-0.15, -0.1) is 0 Å². The van der Waals surface area contributed by atoms with Crippen molar-refractivity contribution in [1.82, 2.24) is 14.8 Å². The summed E-state index contributed by atoms with van der Waals surface area (Å²) in [6.07, 6.45) is 5.85. The maximum Gasteiger partial charge on any atom is 0.341 e. The third-order valence-corrected chi connectivity index (χ3v) is 3.98. The zero-order valence-corrected chi connectivity index (χ0v) is 13.4. The molecule has 23 heavy (non-hydrogen) atoms. The van der Waals surface area contributed by atoms with Crippen molar-refractivity contribution in [3.8, 4) is 0 Å². The summed E-state index contributed by atoms with van der Waals surface area (Å²) in [4.78, 5) is 19.8. The molecular formula is C16H21N5O2. The van der Waals surface area contributed by atoms with Crippen LogP contribution < -0.4 is 9.80 Å². The van der Waals surface area contributed by atoms with Crippen molar-refractivity contribution in [2.75, 3.05) is 37.0 Å². The number of rotatable bonds is 5. The minimum absolute atomic E-state index is 0.205. The minimum atomic E-state index is -0.970. The molecule has 0 saturated carbocycles. The third kappa shape index (κ3) is 3.28. The lowest BCUT2D eigenvalue weighted by Gasteiger charge is -2.16. The molecule has 2 aromatic rings. The van der Waals surface area contributed by atoms with Gasteiger partial charge in [-0.05, 0) is 24.5 Å². The summed E-state index contributed by atoms with van der Waals surface area (Å²) in [6.45, 7) is 2.64. The zero-order chi connectivity index (χ0) is 16.4. The van der Waals surface area contributed by atoms with Crippen molar-refractivity contribution in [1.29, 1.82) is 0 Å². The molecule has 0 aliphatic carbocycles. The van der Waals surface area contributed by atoms with Gasteiger partial charge in [0.25, 0.3) is 0 Å². The van der Waals surface area contributed by atoms with Crippen LogP contribution in [-0.4, -0.2) is 53.0 Å². The van der Waals surface area contributed by atoms with E-state index in [1.807, 2.05) is 18.3 Å². The van der Waals surface area contributed by atoms with E-state index in [2.05, 4.69) is 15.0 Å². The Morgan fingerprint density at radius 1 is 1.30 bits per heavy atom. The standard InChI is InChI=1S/C16H21N5O2/c1-19(2)15-13(16(22)23)11-21(18-15)10-12-5-6-14(17-9-12)20-7-3-4-8-20/h5-6,9,11H,3-4,7-8,10H2,1-2H3,(H,22,23). The number of carbonyl (C=O) groups is 1. The van der Waals surface area contributed by atoms with Crippen molar-refractivity contribution < 1.29 is 9.90 Å². The molecule has 3 heterocycles. The van der Waals surface area contributed by atoms with Crippen LogP contribution in [0.4, 0.5) is 11.6 Å². The van der Waals surface area contributed by atoms with Crippen molar-refractivity contribution in [3.63, 3.8) is 0 Å². The highest BCUT2D eigenvalue weighted by Crippen LogP contribution is 2.19. The fourth-order valence-corrected chi connectivity index (χ4v) is 2.80. The van der Waals surface area contributed by atoms with Gasteiger partial charge in [0.1, 0.15) is 11.4 Å². The minimum Gasteiger partial charge on any atom is -0.477 e. The Hall–Kier alpha value is -2.57. The number of carboxylic acid groups (broad SMARTS) is 1. The van der Waals surface area contributed by atoms with E-state index in [1.165, 1.54) is 12.8 Å². The number of nitrogens with zero attached hydrogens (tertiary/aromatic N) is 5. The van der Waals surface area contributed by atoms with Crippen LogP contribution in [-0.2, 0) is 6.54 Å². The second-order valence-corrected chi connectivity index (χ2v) is 5.98. The number of aromatic nitrogens is 3. The van der Waals surface area contributed by atoms with Crippen LogP contribution in [0.5, 0.6) is 0 Å². The Balaban J connectivity index is 1.76. The summed E-state index contributed by atoms with van der Waals surface area (Å²) in [5, 5.41) is 13.6. The third-order valence-electron chi connectivity index (χ3n) is 3.98. The molecule has 1 N–H and O–H groups in total. The molecule has 1 aliphatic rings. The molecule has 0 spiro atoms. The van der Waals surface area contributed by atoms with Crippen LogP contribution in [0.2, 0.25) is 0 Å². The van der Waals surface area contributed by atoms with Gasteiger partial charge in [0.05, 0.1) is 6.54 Å². The maximum absolute atomic E-state index is 11.3. The van der Waals surface area contributed by atoms with Gasteiger partial charge in [-0.2, -0.15) is 5.10 Å². The first-order valence-corrected chi connectivity index (χ1v) is 7.72. The lowest BCUT2D eigenvalue weighted by atomic mass is 10.2. The van der Waals surface area contributed by atoms with E-state index in [4.69, 9.17) is 0 Å². The molecule has 0 aromatic carbocycles. The number of hydrogen-bond donors (Lipinski definition) is 1. The molecule has 0 bridgehead atoms. The molecule has 3 rings (SSSR count). The van der Waals surface area contributed by atoms with Crippen LogP contribution in [0.15, 0.2) is 24.5 Å². The Kier molecular flexibility index (Phi) is 4.18. The van der Waals surface area contributed by atoms with Gasteiger partial charge in [-0.3, -0.25) is 4.68 Å². The predicted molar refractivity (Wildman–Crippen MR) is 88.3 cm³/mol. The Bertz CT molecular complexity index is 687. The molecule has 7 nitrogen and oxygen atoms in total. The predicted octanol–water partition coefficient (Wildman–Crippen LogP) is 1.69. The van der Waals surface area contributed by atoms with Gasteiger partial charge >= 0.3 is 5.97 Å². The van der Waals surface area contributed by atoms with Gasteiger partial charge in [0.2, 0.25) is 0 Å². The van der Waals surface area contributed by atoms with Crippen molar-refractivity contribution in [3.05, 3.63) is 35.7 Å². The largest absolute Gasteiger partial charge is 0.477 e. The zero-order valence-electron chi connectivity index (χ0n) is 13.4. The summed E-state index contributed by atoms with van der Waals surface area (Å²) in [6, 6.07) is 4.05. The van der Waals surface area contributed by atoms with Crippen LogP contribution >= 0.6 is 0 Å². The van der Waals surface area contributed by atoms with Gasteiger partial charge in [0.15, 0.2) is 5.82 Å². The van der Waals surface area contributed by atoms with E-state index in [0.717, 1.165) is 24.5 Å². The Morgan fingerprint density at radius 2 is 2.04 bits per heavy atom. The van der Waals surface area contributed by atoms with E-state index < -0.39 is 5.97 Å². The van der Waals surface area contributed by atoms with Crippen molar-refractivity contribution in [2.45, 2.75) is 19.4 Å². The molecule has 0 atom stereocenters. The summed E-state index contributed by atoms with van der Waals surface area (Å²) in [5.74, 6) is 0.494. The first kappa shape index (κ1) is 15.3. The van der Waals surface area contributed by atoms with E-state index in [1.54, 1.807) is 29.9 Å². The Labute approximate surface area is 135 Å². The van der Waals surface area contributed by atoms with Crippen LogP contribution in [0.25, 0.3) is 0 Å². The molecule has 1 saturated heterocycles. The molecule has 0 radical (unpaired) electrons. The lowest BCUT2D eigenvalue weighted by Crippen LogP contribution is -2.18. The fourth-order valence-electron chi connectivity index (χ4n) is 2.80. The number of aromatic carboxylic acids is 1. The molecule has 7 heteroatoms.